The summed E-state index contributed by atoms with van der Waals surface area (Å²) in [6.45, 7) is 0. The van der Waals surface area contributed by atoms with Gasteiger partial charge in [0.15, 0.2) is 0 Å². The maximum Gasteiger partial charge on any atom is 0.570 e. The molecule has 3 nitrogen and oxygen atoms in total. The van der Waals surface area contributed by atoms with Crippen molar-refractivity contribution in [3.05, 3.63) is 0 Å². The predicted octanol–water partition coefficient (Wildman–Crippen LogP) is -1.18. The van der Waals surface area contributed by atoms with E-state index < -0.39 is 5.87 Å². The molecular formula is CHB2O3. The minimum Gasteiger partial charge on any atom is -0.520 e. The van der Waals surface area contributed by atoms with Crippen molar-refractivity contribution < 1.29 is 14.5 Å². The molecule has 6 heavy (non-hydrogen) atoms. The predicted molar refractivity (Wildman–Crippen MR) is 20.2 cm³/mol. The normalized spacial score (nSPS) is 6.83. The van der Waals surface area contributed by atoms with E-state index >= 15 is 0 Å². The summed E-state index contributed by atoms with van der Waals surface area (Å²) in [6, 6.07) is 0. The van der Waals surface area contributed by atoms with E-state index in [1.165, 1.54) is 0 Å². The lowest BCUT2D eigenvalue weighted by molar-refractivity contribution is 0.221. The van der Waals surface area contributed by atoms with E-state index in [0.717, 1.165) is 0 Å². The van der Waals surface area contributed by atoms with Crippen molar-refractivity contribution in [3.63, 3.8) is 0 Å². The van der Waals surface area contributed by atoms with E-state index in [1.807, 2.05) is 0 Å². The molecule has 0 aromatic rings. The first kappa shape index (κ1) is 5.56. The van der Waals surface area contributed by atoms with Crippen LogP contribution in [0.15, 0.2) is 0 Å². The summed E-state index contributed by atoms with van der Waals surface area (Å²) in [5.74, 6) is -1.02. The van der Waals surface area contributed by atoms with Crippen molar-refractivity contribution >= 4 is 21.4 Å². The van der Waals surface area contributed by atoms with E-state index in [-0.39, 0.29) is 7.69 Å². The van der Waals surface area contributed by atoms with Gasteiger partial charge in [-0.3, -0.25) is 4.79 Å². The van der Waals surface area contributed by atoms with Gasteiger partial charge in [-0.25, -0.2) is 0 Å². The highest BCUT2D eigenvalue weighted by atomic mass is 16.5. The smallest absolute Gasteiger partial charge is 0.520 e. The third kappa shape index (κ3) is 3.56. The molecule has 0 aliphatic rings. The molecule has 29 valence electrons. The Hall–Kier alpha value is -0.440. The molecule has 0 saturated heterocycles. The Labute approximate surface area is 37.0 Å². The number of carbonyl (C=O) groups excluding carboxylic acids is 1. The van der Waals surface area contributed by atoms with E-state index in [1.54, 1.807) is 0 Å². The van der Waals surface area contributed by atoms with E-state index in [9.17, 15) is 4.79 Å². The third-order valence-electron chi connectivity index (χ3n) is 0.169. The zero-order valence-corrected chi connectivity index (χ0v) is 2.92. The van der Waals surface area contributed by atoms with Gasteiger partial charge in [-0.1, -0.05) is 0 Å². The van der Waals surface area contributed by atoms with Crippen LogP contribution in [0, 0.1) is 0 Å². The summed E-state index contributed by atoms with van der Waals surface area (Å²) in [6.07, 6.45) is 0. The minimum absolute atomic E-state index is 0.225. The van der Waals surface area contributed by atoms with Gasteiger partial charge >= 0.3 is 7.69 Å². The second-order valence-electron chi connectivity index (χ2n) is 0.542. The number of rotatable bonds is 1. The summed E-state index contributed by atoms with van der Waals surface area (Å²) >= 11 is 0. The van der Waals surface area contributed by atoms with Crippen molar-refractivity contribution in [3.8, 4) is 0 Å². The summed E-state index contributed by atoms with van der Waals surface area (Å²) in [5, 5.41) is 7.59. The second kappa shape index (κ2) is 2.78. The van der Waals surface area contributed by atoms with E-state index in [0.29, 0.717) is 0 Å². The monoisotopic (exact) mass is 83.0 g/mol. The van der Waals surface area contributed by atoms with Crippen LogP contribution in [0.2, 0.25) is 0 Å². The Kier molecular flexibility index (Phi) is 2.58. The Bertz CT molecular complexity index is 52.8. The lowest BCUT2D eigenvalue weighted by atomic mass is 10.2. The van der Waals surface area contributed by atoms with Crippen LogP contribution in [0.1, 0.15) is 0 Å². The summed E-state index contributed by atoms with van der Waals surface area (Å²) in [4.78, 5) is 9.41. The Morgan fingerprint density at radius 3 is 2.50 bits per heavy atom. The largest absolute Gasteiger partial charge is 0.570 e. The Balaban J connectivity index is 2.83. The van der Waals surface area contributed by atoms with Gasteiger partial charge in [-0.15, -0.1) is 0 Å². The van der Waals surface area contributed by atoms with Crippen molar-refractivity contribution in [1.82, 2.24) is 0 Å². The number of hydrogen-bond donors (Lipinski definition) is 1. The highest BCUT2D eigenvalue weighted by Crippen LogP contribution is 1.63. The topological polar surface area (TPSA) is 46.5 Å². The van der Waals surface area contributed by atoms with Crippen LogP contribution in [0.4, 0.5) is 4.79 Å². The molecule has 0 spiro atoms. The highest BCUT2D eigenvalue weighted by molar-refractivity contribution is 6.57. The molecule has 5 heteroatoms. The molecule has 0 aliphatic carbocycles. The average Bonchev–Trinajstić information content (AvgIpc) is 1.35. The Morgan fingerprint density at radius 1 is 2.00 bits per heavy atom. The molecule has 1 N–H and O–H groups in total. The van der Waals surface area contributed by atoms with Gasteiger partial charge in [0.1, 0.15) is 0 Å². The third-order valence-corrected chi connectivity index (χ3v) is 0.169. The van der Waals surface area contributed by atoms with Gasteiger partial charge < -0.3 is 9.68 Å². The SMILES string of the molecule is [B]C(=O)O[B]O. The van der Waals surface area contributed by atoms with Crippen molar-refractivity contribution in [1.29, 1.82) is 0 Å². The molecule has 0 aromatic carbocycles. The summed E-state index contributed by atoms with van der Waals surface area (Å²) < 4.78 is 3.61. The van der Waals surface area contributed by atoms with Crippen LogP contribution in [0.25, 0.3) is 0 Å². The van der Waals surface area contributed by atoms with Gasteiger partial charge in [-0.05, 0) is 0 Å². The molecule has 0 saturated carbocycles. The second-order valence-corrected chi connectivity index (χ2v) is 0.542. The van der Waals surface area contributed by atoms with E-state index in [4.69, 9.17) is 5.02 Å². The molecular weight excluding hydrogens is 81.6 g/mol. The van der Waals surface area contributed by atoms with Gasteiger partial charge in [0.2, 0.25) is 13.7 Å². The lowest BCUT2D eigenvalue weighted by Crippen LogP contribution is -2.04. The molecule has 0 atom stereocenters. The lowest BCUT2D eigenvalue weighted by Gasteiger charge is -1.86. The Morgan fingerprint density at radius 2 is 2.50 bits per heavy atom. The van der Waals surface area contributed by atoms with Crippen LogP contribution in [0.3, 0.4) is 0 Å². The van der Waals surface area contributed by atoms with Crippen LogP contribution in [0.5, 0.6) is 0 Å². The summed E-state index contributed by atoms with van der Waals surface area (Å²) in [7, 11) is 4.58. The van der Waals surface area contributed by atoms with Crippen LogP contribution < -0.4 is 0 Å². The van der Waals surface area contributed by atoms with Crippen LogP contribution in [-0.2, 0) is 4.65 Å². The fraction of sp³-hybridized carbons (Fsp3) is 0. The molecule has 0 rings (SSSR count). The molecule has 0 bridgehead atoms. The maximum atomic E-state index is 9.41. The fourth-order valence-corrected chi connectivity index (χ4v) is 0.0519. The molecule has 0 aromatic heterocycles. The molecule has 0 aliphatic heterocycles. The van der Waals surface area contributed by atoms with Crippen molar-refractivity contribution in [2.24, 2.45) is 0 Å². The standard InChI is InChI=1S/CHB2O3/c2-1(4)6-3-5/h5H. The van der Waals surface area contributed by atoms with Gasteiger partial charge in [0.25, 0.3) is 0 Å². The van der Waals surface area contributed by atoms with Crippen LogP contribution >= 0.6 is 0 Å². The first-order valence-electron chi connectivity index (χ1n) is 1.19. The molecule has 0 amide bonds. The summed E-state index contributed by atoms with van der Waals surface area (Å²) in [5.41, 5.74) is 0. The number of hydrogen-bond acceptors (Lipinski definition) is 3. The fourth-order valence-electron chi connectivity index (χ4n) is 0.0519. The average molecular weight is 82.6 g/mol. The minimum atomic E-state index is -1.02. The zero-order valence-electron chi connectivity index (χ0n) is 2.92. The van der Waals surface area contributed by atoms with E-state index in [2.05, 4.69) is 12.5 Å². The van der Waals surface area contributed by atoms with Gasteiger partial charge in [0, 0.05) is 0 Å². The highest BCUT2D eigenvalue weighted by Gasteiger charge is 1.87. The molecule has 0 heterocycles. The molecule has 0 unspecified atom stereocenters. The molecule has 3 radical (unpaired) electrons. The van der Waals surface area contributed by atoms with Crippen LogP contribution in [-0.4, -0.2) is 26.4 Å². The maximum absolute atomic E-state index is 9.41. The zero-order chi connectivity index (χ0) is 4.99. The van der Waals surface area contributed by atoms with Gasteiger partial charge in [0.05, 0.1) is 0 Å². The number of carbonyl (C=O) groups is 1. The first-order chi connectivity index (χ1) is 2.77. The first-order valence-corrected chi connectivity index (χ1v) is 1.19. The van der Waals surface area contributed by atoms with Crippen molar-refractivity contribution in [2.75, 3.05) is 0 Å². The quantitative estimate of drug-likeness (QED) is 0.405. The van der Waals surface area contributed by atoms with Crippen molar-refractivity contribution in [2.45, 2.75) is 0 Å². The molecule has 0 fully saturated rings. The van der Waals surface area contributed by atoms with Gasteiger partial charge in [-0.2, -0.15) is 0 Å².